The summed E-state index contributed by atoms with van der Waals surface area (Å²) in [5.41, 5.74) is 0. The van der Waals surface area contributed by atoms with E-state index in [0.29, 0.717) is 24.7 Å². The molecule has 1 aliphatic rings. The predicted molar refractivity (Wildman–Crippen MR) is 133 cm³/mol. The Morgan fingerprint density at radius 3 is 1.75 bits per heavy atom. The van der Waals surface area contributed by atoms with Crippen molar-refractivity contribution in [2.45, 2.75) is 117 Å². The molecule has 0 fully saturated rings. The molecule has 184 valence electrons. The second kappa shape index (κ2) is 17.9. The van der Waals surface area contributed by atoms with Gasteiger partial charge in [-0.1, -0.05) is 82.6 Å². The first-order valence-corrected chi connectivity index (χ1v) is 13.2. The number of unbranched alkanes of at least 4 members (excludes halogenated alkanes) is 8. The summed E-state index contributed by atoms with van der Waals surface area (Å²) in [5, 5.41) is 17.5. The van der Waals surface area contributed by atoms with Crippen LogP contribution in [0.4, 0.5) is 0 Å². The second-order valence-electron chi connectivity index (χ2n) is 9.65. The molecular formula is C28H48O4. The van der Waals surface area contributed by atoms with Gasteiger partial charge in [-0.05, 0) is 69.1 Å². The van der Waals surface area contributed by atoms with E-state index < -0.39 is 11.9 Å². The van der Waals surface area contributed by atoms with Crippen LogP contribution in [0.1, 0.15) is 117 Å². The van der Waals surface area contributed by atoms with Crippen molar-refractivity contribution in [3.8, 4) is 0 Å². The van der Waals surface area contributed by atoms with E-state index >= 15 is 0 Å². The van der Waals surface area contributed by atoms with Crippen LogP contribution in [0.25, 0.3) is 0 Å². The van der Waals surface area contributed by atoms with Gasteiger partial charge in [0.15, 0.2) is 0 Å². The second-order valence-corrected chi connectivity index (χ2v) is 9.65. The highest BCUT2D eigenvalue weighted by Crippen LogP contribution is 2.43. The maximum Gasteiger partial charge on any atom is 0.303 e. The van der Waals surface area contributed by atoms with E-state index in [-0.39, 0.29) is 0 Å². The molecule has 4 heteroatoms. The molecule has 0 aromatic rings. The van der Waals surface area contributed by atoms with E-state index in [9.17, 15) is 9.59 Å². The average Bonchev–Trinajstić information content (AvgIpc) is 2.76. The first-order valence-electron chi connectivity index (χ1n) is 13.2. The van der Waals surface area contributed by atoms with Crippen LogP contribution in [0.3, 0.4) is 0 Å². The van der Waals surface area contributed by atoms with E-state index in [1.165, 1.54) is 51.4 Å². The van der Waals surface area contributed by atoms with Crippen molar-refractivity contribution in [1.29, 1.82) is 0 Å². The molecule has 0 heterocycles. The summed E-state index contributed by atoms with van der Waals surface area (Å²) in [5.74, 6) is 1.46. The number of rotatable bonds is 19. The van der Waals surface area contributed by atoms with Crippen molar-refractivity contribution in [3.63, 3.8) is 0 Å². The summed E-state index contributed by atoms with van der Waals surface area (Å²) in [6.45, 7) is 4.43. The SMILES string of the molecule is CC=CCC1C(CC)C=CC(CCCCCCCC(=O)O)C1CCCCCCCC(=O)O. The molecule has 0 aliphatic heterocycles. The van der Waals surface area contributed by atoms with E-state index in [4.69, 9.17) is 10.2 Å². The zero-order chi connectivity index (χ0) is 23.6. The molecule has 1 aliphatic carbocycles. The maximum atomic E-state index is 10.7. The number of carboxylic acids is 2. The van der Waals surface area contributed by atoms with Gasteiger partial charge in [0.25, 0.3) is 0 Å². The number of carbonyl (C=O) groups is 2. The maximum absolute atomic E-state index is 10.7. The Morgan fingerprint density at radius 1 is 0.719 bits per heavy atom. The summed E-state index contributed by atoms with van der Waals surface area (Å²) in [6.07, 6.45) is 25.9. The van der Waals surface area contributed by atoms with Crippen LogP contribution in [0.2, 0.25) is 0 Å². The minimum Gasteiger partial charge on any atom is -0.481 e. The summed E-state index contributed by atoms with van der Waals surface area (Å²) >= 11 is 0. The number of allylic oxidation sites excluding steroid dienone is 4. The highest BCUT2D eigenvalue weighted by atomic mass is 16.4. The van der Waals surface area contributed by atoms with Crippen LogP contribution < -0.4 is 0 Å². The fraction of sp³-hybridized carbons (Fsp3) is 0.786. The third kappa shape index (κ3) is 12.5. The minimum absolute atomic E-state index is 0.300. The number of carboxylic acid groups (broad SMARTS) is 2. The molecule has 0 amide bonds. The van der Waals surface area contributed by atoms with Gasteiger partial charge in [0, 0.05) is 12.8 Å². The van der Waals surface area contributed by atoms with Crippen molar-refractivity contribution in [2.75, 3.05) is 0 Å². The van der Waals surface area contributed by atoms with Crippen molar-refractivity contribution >= 4 is 11.9 Å². The Hall–Kier alpha value is -1.58. The highest BCUT2D eigenvalue weighted by Gasteiger charge is 2.33. The van der Waals surface area contributed by atoms with Crippen molar-refractivity contribution < 1.29 is 19.8 Å². The van der Waals surface area contributed by atoms with Crippen LogP contribution in [0.5, 0.6) is 0 Å². The third-order valence-corrected chi connectivity index (χ3v) is 7.23. The molecule has 0 spiro atoms. The zero-order valence-corrected chi connectivity index (χ0v) is 20.6. The van der Waals surface area contributed by atoms with Gasteiger partial charge >= 0.3 is 11.9 Å². The number of hydrogen-bond acceptors (Lipinski definition) is 2. The van der Waals surface area contributed by atoms with Crippen molar-refractivity contribution in [2.24, 2.45) is 23.7 Å². The third-order valence-electron chi connectivity index (χ3n) is 7.23. The molecule has 0 saturated heterocycles. The van der Waals surface area contributed by atoms with Crippen LogP contribution in [-0.2, 0) is 9.59 Å². The van der Waals surface area contributed by atoms with Crippen molar-refractivity contribution in [1.82, 2.24) is 0 Å². The standard InChI is InChI=1S/C28H48O4/c1-3-5-17-25-23(4-2)21-22-24(16-12-8-6-10-14-19-27(29)30)26(25)18-13-9-7-11-15-20-28(31)32/h3,5,21-26H,4,6-20H2,1-2H3,(H,29,30)(H,31,32). The Balaban J connectivity index is 2.53. The molecule has 0 aromatic carbocycles. The fourth-order valence-electron chi connectivity index (χ4n) is 5.40. The Bertz CT molecular complexity index is 566. The fourth-order valence-corrected chi connectivity index (χ4v) is 5.40. The lowest BCUT2D eigenvalue weighted by Crippen LogP contribution is -2.31. The Labute approximate surface area is 196 Å². The molecule has 4 atom stereocenters. The Morgan fingerprint density at radius 2 is 1.22 bits per heavy atom. The largest absolute Gasteiger partial charge is 0.481 e. The summed E-state index contributed by atoms with van der Waals surface area (Å²) in [4.78, 5) is 21.3. The number of hydrogen-bond donors (Lipinski definition) is 2. The monoisotopic (exact) mass is 448 g/mol. The van der Waals surface area contributed by atoms with Gasteiger partial charge in [-0.15, -0.1) is 0 Å². The molecule has 32 heavy (non-hydrogen) atoms. The average molecular weight is 449 g/mol. The van der Waals surface area contributed by atoms with Crippen molar-refractivity contribution in [3.05, 3.63) is 24.3 Å². The van der Waals surface area contributed by atoms with Gasteiger partial charge in [-0.3, -0.25) is 9.59 Å². The number of aliphatic carboxylic acids is 2. The molecule has 0 aromatic heterocycles. The molecule has 0 radical (unpaired) electrons. The molecule has 2 N–H and O–H groups in total. The Kier molecular flexibility index (Phi) is 15.9. The lowest BCUT2D eigenvalue weighted by atomic mass is 9.65. The van der Waals surface area contributed by atoms with Gasteiger partial charge < -0.3 is 10.2 Å². The van der Waals surface area contributed by atoms with Gasteiger partial charge in [0.2, 0.25) is 0 Å². The van der Waals surface area contributed by atoms with E-state index in [2.05, 4.69) is 38.2 Å². The summed E-state index contributed by atoms with van der Waals surface area (Å²) in [6, 6.07) is 0. The van der Waals surface area contributed by atoms with Crippen LogP contribution in [-0.4, -0.2) is 22.2 Å². The van der Waals surface area contributed by atoms with E-state index in [1.54, 1.807) is 0 Å². The van der Waals surface area contributed by atoms with Gasteiger partial charge in [-0.2, -0.15) is 0 Å². The van der Waals surface area contributed by atoms with Crippen LogP contribution >= 0.6 is 0 Å². The normalized spacial score (nSPS) is 23.1. The molecule has 0 bridgehead atoms. The molecule has 0 saturated carbocycles. The predicted octanol–water partition coefficient (Wildman–Crippen LogP) is 8.03. The first kappa shape index (κ1) is 28.5. The smallest absolute Gasteiger partial charge is 0.303 e. The topological polar surface area (TPSA) is 74.6 Å². The quantitative estimate of drug-likeness (QED) is 0.155. The highest BCUT2D eigenvalue weighted by molar-refractivity contribution is 5.66. The minimum atomic E-state index is -0.681. The van der Waals surface area contributed by atoms with E-state index in [1.807, 2.05) is 0 Å². The zero-order valence-electron chi connectivity index (χ0n) is 20.6. The molecular weight excluding hydrogens is 400 g/mol. The summed E-state index contributed by atoms with van der Waals surface area (Å²) < 4.78 is 0. The van der Waals surface area contributed by atoms with Gasteiger partial charge in [0.05, 0.1) is 0 Å². The lowest BCUT2D eigenvalue weighted by Gasteiger charge is -2.40. The van der Waals surface area contributed by atoms with Crippen LogP contribution in [0, 0.1) is 23.7 Å². The van der Waals surface area contributed by atoms with E-state index in [0.717, 1.165) is 50.4 Å². The molecule has 1 rings (SSSR count). The first-order chi connectivity index (χ1) is 15.5. The van der Waals surface area contributed by atoms with Crippen LogP contribution in [0.15, 0.2) is 24.3 Å². The van der Waals surface area contributed by atoms with Gasteiger partial charge in [0.1, 0.15) is 0 Å². The lowest BCUT2D eigenvalue weighted by molar-refractivity contribution is -0.138. The molecule has 4 unspecified atom stereocenters. The van der Waals surface area contributed by atoms with Gasteiger partial charge in [-0.25, -0.2) is 0 Å². The summed E-state index contributed by atoms with van der Waals surface area (Å²) in [7, 11) is 0. The molecule has 4 nitrogen and oxygen atoms in total.